The van der Waals surface area contributed by atoms with Crippen LogP contribution in [0, 0.1) is 0 Å². The van der Waals surface area contributed by atoms with Crippen molar-refractivity contribution in [3.63, 3.8) is 0 Å². The minimum atomic E-state index is -0.0198. The topological polar surface area (TPSA) is 63.5 Å². The van der Waals surface area contributed by atoms with Gasteiger partial charge in [0.05, 0.1) is 17.8 Å². The van der Waals surface area contributed by atoms with Crippen LogP contribution in [0.4, 0.5) is 5.82 Å². The molecular formula is C18H25N5O2. The molecule has 1 aliphatic rings. The van der Waals surface area contributed by atoms with E-state index in [9.17, 15) is 4.79 Å². The fourth-order valence-electron chi connectivity index (χ4n) is 3.14. The van der Waals surface area contributed by atoms with Gasteiger partial charge in [-0.25, -0.2) is 4.98 Å². The molecule has 134 valence electrons. The molecule has 1 unspecified atom stereocenters. The van der Waals surface area contributed by atoms with Gasteiger partial charge in [-0.15, -0.1) is 0 Å². The second-order valence-electron chi connectivity index (χ2n) is 6.52. The van der Waals surface area contributed by atoms with Crippen molar-refractivity contribution in [2.45, 2.75) is 25.9 Å². The highest BCUT2D eigenvalue weighted by molar-refractivity contribution is 5.95. The summed E-state index contributed by atoms with van der Waals surface area (Å²) in [5.74, 6) is 1.59. The first-order valence-corrected chi connectivity index (χ1v) is 8.60. The summed E-state index contributed by atoms with van der Waals surface area (Å²) in [7, 11) is 5.72. The molecule has 1 saturated heterocycles. The van der Waals surface area contributed by atoms with E-state index < -0.39 is 0 Å². The first kappa shape index (κ1) is 17.3. The summed E-state index contributed by atoms with van der Waals surface area (Å²) in [6.07, 6.45) is 5.10. The standard InChI is InChI=1S/C18H25N5O2/c1-5-15-14(12-22(4)20-15)18(24)23-10-8-13(11-23)25-16-7-6-9-19-17(16)21(2)3/h6-7,9,12-13H,5,8,10-11H2,1-4H3. The number of hydrogen-bond donors (Lipinski definition) is 0. The van der Waals surface area contributed by atoms with Crippen LogP contribution < -0.4 is 9.64 Å². The Morgan fingerprint density at radius 1 is 1.44 bits per heavy atom. The van der Waals surface area contributed by atoms with Crippen LogP contribution in [-0.4, -0.2) is 58.9 Å². The summed E-state index contributed by atoms with van der Waals surface area (Å²) in [5.41, 5.74) is 1.54. The molecule has 3 rings (SSSR count). The largest absolute Gasteiger partial charge is 0.485 e. The van der Waals surface area contributed by atoms with E-state index in [1.165, 1.54) is 0 Å². The molecular weight excluding hydrogens is 318 g/mol. The summed E-state index contributed by atoms with van der Waals surface area (Å²) in [6.45, 7) is 3.29. The molecule has 0 spiro atoms. The average Bonchev–Trinajstić information content (AvgIpc) is 3.21. The molecule has 1 aliphatic heterocycles. The smallest absolute Gasteiger partial charge is 0.257 e. The van der Waals surface area contributed by atoms with Crippen molar-refractivity contribution < 1.29 is 9.53 Å². The predicted octanol–water partition coefficient (Wildman–Crippen LogP) is 1.74. The SMILES string of the molecule is CCc1nn(C)cc1C(=O)N1CCC(Oc2cccnc2N(C)C)C1. The van der Waals surface area contributed by atoms with Crippen LogP contribution in [0.2, 0.25) is 0 Å². The molecule has 0 aliphatic carbocycles. The molecule has 0 N–H and O–H groups in total. The molecule has 0 aromatic carbocycles. The highest BCUT2D eigenvalue weighted by Crippen LogP contribution is 2.27. The van der Waals surface area contributed by atoms with Crippen LogP contribution in [-0.2, 0) is 13.5 Å². The van der Waals surface area contributed by atoms with Gasteiger partial charge in [-0.2, -0.15) is 5.10 Å². The fourth-order valence-corrected chi connectivity index (χ4v) is 3.14. The summed E-state index contributed by atoms with van der Waals surface area (Å²) in [4.78, 5) is 20.9. The highest BCUT2D eigenvalue weighted by atomic mass is 16.5. The minimum absolute atomic E-state index is 0.0198. The summed E-state index contributed by atoms with van der Waals surface area (Å²) in [6, 6.07) is 3.78. The Morgan fingerprint density at radius 3 is 2.96 bits per heavy atom. The Balaban J connectivity index is 1.69. The van der Waals surface area contributed by atoms with Crippen molar-refractivity contribution in [1.82, 2.24) is 19.7 Å². The lowest BCUT2D eigenvalue weighted by molar-refractivity contribution is 0.0771. The zero-order chi connectivity index (χ0) is 18.0. The number of pyridine rings is 1. The molecule has 0 saturated carbocycles. The van der Waals surface area contributed by atoms with Crippen molar-refractivity contribution >= 4 is 11.7 Å². The number of ether oxygens (including phenoxy) is 1. The van der Waals surface area contributed by atoms with E-state index in [2.05, 4.69) is 10.1 Å². The number of likely N-dealkylation sites (tertiary alicyclic amines) is 1. The van der Waals surface area contributed by atoms with E-state index in [0.717, 1.165) is 30.1 Å². The van der Waals surface area contributed by atoms with Crippen molar-refractivity contribution in [1.29, 1.82) is 0 Å². The van der Waals surface area contributed by atoms with Crippen molar-refractivity contribution in [3.8, 4) is 5.75 Å². The van der Waals surface area contributed by atoms with Crippen LogP contribution in [0.25, 0.3) is 0 Å². The van der Waals surface area contributed by atoms with Crippen LogP contribution in [0.15, 0.2) is 24.5 Å². The maximum atomic E-state index is 12.8. The van der Waals surface area contributed by atoms with Gasteiger partial charge in [-0.3, -0.25) is 9.48 Å². The number of aromatic nitrogens is 3. The number of carbonyl (C=O) groups excluding carboxylic acids is 1. The number of carbonyl (C=O) groups is 1. The van der Waals surface area contributed by atoms with Crippen LogP contribution >= 0.6 is 0 Å². The molecule has 7 nitrogen and oxygen atoms in total. The van der Waals surface area contributed by atoms with Crippen molar-refractivity contribution in [3.05, 3.63) is 35.8 Å². The van der Waals surface area contributed by atoms with E-state index in [0.29, 0.717) is 18.7 Å². The van der Waals surface area contributed by atoms with Gasteiger partial charge in [0, 0.05) is 46.5 Å². The maximum Gasteiger partial charge on any atom is 0.257 e. The first-order chi connectivity index (χ1) is 12.0. The Kier molecular flexibility index (Phi) is 4.92. The fraction of sp³-hybridized carbons (Fsp3) is 0.500. The lowest BCUT2D eigenvalue weighted by Crippen LogP contribution is -2.31. The number of amides is 1. The first-order valence-electron chi connectivity index (χ1n) is 8.60. The number of rotatable bonds is 5. The van der Waals surface area contributed by atoms with Gasteiger partial charge in [-0.1, -0.05) is 6.92 Å². The van der Waals surface area contributed by atoms with E-state index in [4.69, 9.17) is 4.74 Å². The number of hydrogen-bond acceptors (Lipinski definition) is 5. The number of aryl methyl sites for hydroxylation is 2. The van der Waals surface area contributed by atoms with Gasteiger partial charge in [0.15, 0.2) is 11.6 Å². The number of anilines is 1. The van der Waals surface area contributed by atoms with E-state index in [-0.39, 0.29) is 12.0 Å². The summed E-state index contributed by atoms with van der Waals surface area (Å²) in [5, 5.41) is 4.36. The molecule has 2 aromatic heterocycles. The van der Waals surface area contributed by atoms with E-state index in [1.807, 2.05) is 50.0 Å². The van der Waals surface area contributed by atoms with Gasteiger partial charge in [0.2, 0.25) is 0 Å². The van der Waals surface area contributed by atoms with Gasteiger partial charge in [0.25, 0.3) is 5.91 Å². The third-order valence-electron chi connectivity index (χ3n) is 4.37. The van der Waals surface area contributed by atoms with Crippen molar-refractivity contribution in [2.24, 2.45) is 7.05 Å². The molecule has 1 atom stereocenters. The average molecular weight is 343 g/mol. The summed E-state index contributed by atoms with van der Waals surface area (Å²) >= 11 is 0. The zero-order valence-corrected chi connectivity index (χ0v) is 15.3. The Bertz CT molecular complexity index is 756. The van der Waals surface area contributed by atoms with Gasteiger partial charge >= 0.3 is 0 Å². The Labute approximate surface area is 148 Å². The van der Waals surface area contributed by atoms with E-state index in [1.54, 1.807) is 17.1 Å². The van der Waals surface area contributed by atoms with Gasteiger partial charge in [-0.05, 0) is 18.6 Å². The number of nitrogens with zero attached hydrogens (tertiary/aromatic N) is 5. The molecule has 2 aromatic rings. The van der Waals surface area contributed by atoms with Crippen LogP contribution in [0.5, 0.6) is 5.75 Å². The van der Waals surface area contributed by atoms with Crippen LogP contribution in [0.1, 0.15) is 29.4 Å². The second-order valence-corrected chi connectivity index (χ2v) is 6.52. The molecule has 0 bridgehead atoms. The quantitative estimate of drug-likeness (QED) is 0.827. The zero-order valence-electron chi connectivity index (χ0n) is 15.3. The molecule has 0 radical (unpaired) electrons. The normalized spacial score (nSPS) is 17.0. The monoisotopic (exact) mass is 343 g/mol. The Morgan fingerprint density at radius 2 is 2.24 bits per heavy atom. The predicted molar refractivity (Wildman–Crippen MR) is 96.1 cm³/mol. The third kappa shape index (κ3) is 3.60. The molecule has 25 heavy (non-hydrogen) atoms. The van der Waals surface area contributed by atoms with Crippen LogP contribution in [0.3, 0.4) is 0 Å². The molecule has 1 amide bonds. The van der Waals surface area contributed by atoms with Gasteiger partial charge in [0.1, 0.15) is 6.10 Å². The van der Waals surface area contributed by atoms with E-state index >= 15 is 0 Å². The minimum Gasteiger partial charge on any atom is -0.485 e. The third-order valence-corrected chi connectivity index (χ3v) is 4.37. The summed E-state index contributed by atoms with van der Waals surface area (Å²) < 4.78 is 7.83. The lowest BCUT2D eigenvalue weighted by atomic mass is 10.2. The Hall–Kier alpha value is -2.57. The highest BCUT2D eigenvalue weighted by Gasteiger charge is 2.30. The van der Waals surface area contributed by atoms with Crippen molar-refractivity contribution in [2.75, 3.05) is 32.1 Å². The maximum absolute atomic E-state index is 12.8. The lowest BCUT2D eigenvalue weighted by Gasteiger charge is -2.20. The molecule has 7 heteroatoms. The molecule has 3 heterocycles. The van der Waals surface area contributed by atoms with Gasteiger partial charge < -0.3 is 14.5 Å². The molecule has 1 fully saturated rings. The second kappa shape index (κ2) is 7.13.